The van der Waals surface area contributed by atoms with Crippen LogP contribution in [0.4, 0.5) is 16.5 Å². The fourth-order valence-corrected chi connectivity index (χ4v) is 2.53. The van der Waals surface area contributed by atoms with E-state index in [1.54, 1.807) is 24.4 Å². The normalized spacial score (nSPS) is 10.3. The van der Waals surface area contributed by atoms with Crippen LogP contribution in [-0.2, 0) is 0 Å². The molecule has 1 aromatic carbocycles. The number of nitro groups is 1. The van der Waals surface area contributed by atoms with Crippen LogP contribution >= 0.6 is 11.3 Å². The van der Waals surface area contributed by atoms with Crippen molar-refractivity contribution in [3.05, 3.63) is 64.2 Å². The summed E-state index contributed by atoms with van der Waals surface area (Å²) in [6.45, 7) is 0. The lowest BCUT2D eigenvalue weighted by Crippen LogP contribution is -1.96. The van der Waals surface area contributed by atoms with E-state index < -0.39 is 4.92 Å². The van der Waals surface area contributed by atoms with Crippen molar-refractivity contribution < 1.29 is 4.92 Å². The summed E-state index contributed by atoms with van der Waals surface area (Å²) >= 11 is 1.37. The molecule has 104 valence electrons. The Morgan fingerprint density at radius 2 is 1.90 bits per heavy atom. The minimum Gasteiger partial charge on any atom is -0.326 e. The molecule has 6 nitrogen and oxygen atoms in total. The number of hydrogen-bond donors (Lipinski definition) is 1. The maximum Gasteiger partial charge on any atom is 0.292 e. The third-order valence-corrected chi connectivity index (χ3v) is 3.53. The van der Waals surface area contributed by atoms with Crippen LogP contribution in [0.25, 0.3) is 11.4 Å². The van der Waals surface area contributed by atoms with Gasteiger partial charge < -0.3 is 5.32 Å². The number of hydrogen-bond acceptors (Lipinski definition) is 6. The van der Waals surface area contributed by atoms with E-state index in [0.29, 0.717) is 10.8 Å². The molecule has 1 N–H and O–H groups in total. The number of nitro benzene ring substituents is 1. The van der Waals surface area contributed by atoms with E-state index in [9.17, 15) is 10.1 Å². The number of thiazole rings is 1. The zero-order chi connectivity index (χ0) is 14.7. The predicted octanol–water partition coefficient (Wildman–Crippen LogP) is 3.86. The number of anilines is 2. The smallest absolute Gasteiger partial charge is 0.292 e. The Morgan fingerprint density at radius 3 is 2.67 bits per heavy atom. The molecule has 3 rings (SSSR count). The second kappa shape index (κ2) is 5.68. The summed E-state index contributed by atoms with van der Waals surface area (Å²) in [5.41, 5.74) is 1.95. The highest BCUT2D eigenvalue weighted by Crippen LogP contribution is 2.30. The molecule has 0 aliphatic heterocycles. The van der Waals surface area contributed by atoms with Gasteiger partial charge in [0.1, 0.15) is 11.4 Å². The maximum atomic E-state index is 11.0. The van der Waals surface area contributed by atoms with E-state index in [1.165, 1.54) is 17.4 Å². The van der Waals surface area contributed by atoms with Gasteiger partial charge in [0, 0.05) is 17.6 Å². The second-order valence-electron chi connectivity index (χ2n) is 4.15. The zero-order valence-corrected chi connectivity index (χ0v) is 11.6. The molecule has 0 amide bonds. The minimum atomic E-state index is -0.421. The van der Waals surface area contributed by atoms with Gasteiger partial charge in [-0.3, -0.25) is 15.1 Å². The molecule has 2 heterocycles. The van der Waals surface area contributed by atoms with E-state index in [1.807, 2.05) is 23.6 Å². The summed E-state index contributed by atoms with van der Waals surface area (Å²) < 4.78 is 0. The molecule has 0 aliphatic carbocycles. The summed E-state index contributed by atoms with van der Waals surface area (Å²) in [6.07, 6.45) is 1.70. The third-order valence-electron chi connectivity index (χ3n) is 2.77. The van der Waals surface area contributed by atoms with Crippen LogP contribution < -0.4 is 5.32 Å². The Balaban J connectivity index is 1.87. The molecule has 0 radical (unpaired) electrons. The van der Waals surface area contributed by atoms with Crippen LogP contribution in [0.5, 0.6) is 0 Å². The molecular formula is C14H10N4O2S. The molecule has 0 unspecified atom stereocenters. The first-order valence-electron chi connectivity index (χ1n) is 6.11. The molecular weight excluding hydrogens is 288 g/mol. The van der Waals surface area contributed by atoms with Crippen LogP contribution in [0.1, 0.15) is 0 Å². The zero-order valence-electron chi connectivity index (χ0n) is 10.8. The van der Waals surface area contributed by atoms with Crippen LogP contribution in [0.3, 0.4) is 0 Å². The van der Waals surface area contributed by atoms with Gasteiger partial charge in [0.05, 0.1) is 10.6 Å². The van der Waals surface area contributed by atoms with Crippen molar-refractivity contribution in [3.8, 4) is 11.4 Å². The summed E-state index contributed by atoms with van der Waals surface area (Å²) in [5.74, 6) is 0. The van der Waals surface area contributed by atoms with Gasteiger partial charge in [-0.2, -0.15) is 0 Å². The number of nitrogens with zero attached hydrogens (tertiary/aromatic N) is 3. The van der Waals surface area contributed by atoms with Crippen LogP contribution in [0.2, 0.25) is 0 Å². The molecule has 0 atom stereocenters. The van der Waals surface area contributed by atoms with E-state index in [-0.39, 0.29) is 5.69 Å². The van der Waals surface area contributed by atoms with Gasteiger partial charge in [-0.05, 0) is 18.2 Å². The lowest BCUT2D eigenvalue weighted by Gasteiger charge is -2.02. The van der Waals surface area contributed by atoms with Crippen molar-refractivity contribution in [2.75, 3.05) is 5.32 Å². The first-order valence-corrected chi connectivity index (χ1v) is 6.99. The predicted molar refractivity (Wildman–Crippen MR) is 81.7 cm³/mol. The van der Waals surface area contributed by atoms with Crippen LogP contribution in [0, 0.1) is 10.1 Å². The fraction of sp³-hybridized carbons (Fsp3) is 0. The Bertz CT molecular complexity index is 773. The highest BCUT2D eigenvalue weighted by Gasteiger charge is 2.14. The molecule has 0 aliphatic rings. The number of rotatable bonds is 4. The SMILES string of the molecule is O=[N+]([O-])c1ccccc1Nc1nc(-c2ccccn2)cs1. The average Bonchev–Trinajstić information content (AvgIpc) is 2.97. The van der Waals surface area contributed by atoms with E-state index >= 15 is 0 Å². The molecule has 2 aromatic heterocycles. The number of benzene rings is 1. The topological polar surface area (TPSA) is 81.0 Å². The van der Waals surface area contributed by atoms with Crippen LogP contribution in [-0.4, -0.2) is 14.9 Å². The monoisotopic (exact) mass is 298 g/mol. The van der Waals surface area contributed by atoms with Gasteiger partial charge in [-0.25, -0.2) is 4.98 Å². The number of nitrogens with one attached hydrogen (secondary N) is 1. The van der Waals surface area contributed by atoms with Crippen molar-refractivity contribution in [3.63, 3.8) is 0 Å². The summed E-state index contributed by atoms with van der Waals surface area (Å²) in [5, 5.41) is 16.4. The van der Waals surface area contributed by atoms with E-state index in [0.717, 1.165) is 11.4 Å². The standard InChI is InChI=1S/C14H10N4O2S/c19-18(20)13-7-2-1-6-11(13)16-14-17-12(9-21-14)10-5-3-4-8-15-10/h1-9H,(H,16,17). The van der Waals surface area contributed by atoms with Crippen molar-refractivity contribution in [2.45, 2.75) is 0 Å². The Kier molecular flexibility index (Phi) is 3.57. The third kappa shape index (κ3) is 2.87. The lowest BCUT2D eigenvalue weighted by molar-refractivity contribution is -0.383. The minimum absolute atomic E-state index is 0.0205. The molecule has 0 saturated carbocycles. The van der Waals surface area contributed by atoms with Crippen LogP contribution in [0.15, 0.2) is 54.0 Å². The molecule has 3 aromatic rings. The van der Waals surface area contributed by atoms with Crippen molar-refractivity contribution in [2.24, 2.45) is 0 Å². The summed E-state index contributed by atoms with van der Waals surface area (Å²) in [7, 11) is 0. The highest BCUT2D eigenvalue weighted by atomic mass is 32.1. The van der Waals surface area contributed by atoms with Gasteiger partial charge in [0.25, 0.3) is 5.69 Å². The van der Waals surface area contributed by atoms with Crippen molar-refractivity contribution >= 4 is 27.8 Å². The first kappa shape index (κ1) is 13.2. The largest absolute Gasteiger partial charge is 0.326 e. The molecule has 7 heteroatoms. The van der Waals surface area contributed by atoms with E-state index in [2.05, 4.69) is 15.3 Å². The Labute approximate surface area is 124 Å². The second-order valence-corrected chi connectivity index (χ2v) is 5.01. The number of pyridine rings is 1. The fourth-order valence-electron chi connectivity index (χ4n) is 1.82. The quantitative estimate of drug-likeness (QED) is 0.584. The summed E-state index contributed by atoms with van der Waals surface area (Å²) in [4.78, 5) is 19.2. The number of para-hydroxylation sites is 2. The van der Waals surface area contributed by atoms with Gasteiger partial charge in [-0.15, -0.1) is 11.3 Å². The molecule has 0 fully saturated rings. The van der Waals surface area contributed by atoms with Crippen molar-refractivity contribution in [1.29, 1.82) is 0 Å². The van der Waals surface area contributed by atoms with Crippen molar-refractivity contribution in [1.82, 2.24) is 9.97 Å². The Morgan fingerprint density at radius 1 is 1.10 bits per heavy atom. The van der Waals surface area contributed by atoms with Gasteiger partial charge >= 0.3 is 0 Å². The highest BCUT2D eigenvalue weighted by molar-refractivity contribution is 7.14. The number of aromatic nitrogens is 2. The maximum absolute atomic E-state index is 11.0. The first-order chi connectivity index (χ1) is 10.2. The average molecular weight is 298 g/mol. The lowest BCUT2D eigenvalue weighted by atomic mass is 10.3. The molecule has 21 heavy (non-hydrogen) atoms. The Hall–Kier alpha value is -2.80. The molecule has 0 saturated heterocycles. The molecule has 0 bridgehead atoms. The van der Waals surface area contributed by atoms with E-state index in [4.69, 9.17) is 0 Å². The van der Waals surface area contributed by atoms with Gasteiger partial charge in [0.15, 0.2) is 5.13 Å². The molecule has 0 spiro atoms. The van der Waals surface area contributed by atoms with Gasteiger partial charge in [-0.1, -0.05) is 18.2 Å². The van der Waals surface area contributed by atoms with Gasteiger partial charge in [0.2, 0.25) is 0 Å². The summed E-state index contributed by atoms with van der Waals surface area (Å²) in [6, 6.07) is 12.1.